The Balaban J connectivity index is 2.49. The highest BCUT2D eigenvalue weighted by molar-refractivity contribution is 5.94. The molecule has 0 radical (unpaired) electrons. The minimum atomic E-state index is -0.157. The SMILES string of the molecule is CC(C)Oc1cccc(C(=O)NCCCN=[N+]=[N-])c1. The molecule has 0 aliphatic carbocycles. The van der Waals surface area contributed by atoms with E-state index >= 15 is 0 Å². The maximum Gasteiger partial charge on any atom is 0.251 e. The van der Waals surface area contributed by atoms with Gasteiger partial charge in [0.1, 0.15) is 5.75 Å². The molecule has 102 valence electrons. The molecule has 1 rings (SSSR count). The van der Waals surface area contributed by atoms with Crippen molar-refractivity contribution in [1.82, 2.24) is 5.32 Å². The molecule has 6 heteroatoms. The summed E-state index contributed by atoms with van der Waals surface area (Å²) in [7, 11) is 0. The van der Waals surface area contributed by atoms with E-state index in [0.29, 0.717) is 30.8 Å². The van der Waals surface area contributed by atoms with Gasteiger partial charge in [-0.25, -0.2) is 0 Å². The predicted molar refractivity (Wildman–Crippen MR) is 73.2 cm³/mol. The van der Waals surface area contributed by atoms with Gasteiger partial charge in [-0.2, -0.15) is 0 Å². The lowest BCUT2D eigenvalue weighted by Gasteiger charge is -2.11. The number of azide groups is 1. The van der Waals surface area contributed by atoms with Gasteiger partial charge in [0.05, 0.1) is 6.10 Å². The summed E-state index contributed by atoms with van der Waals surface area (Å²) in [6.45, 7) is 4.73. The van der Waals surface area contributed by atoms with E-state index in [1.54, 1.807) is 18.2 Å². The highest BCUT2D eigenvalue weighted by atomic mass is 16.5. The standard InChI is InChI=1S/C13H18N4O2/c1-10(2)19-12-6-3-5-11(9-12)13(18)15-7-4-8-16-17-14/h3,5-6,9-10H,4,7-8H2,1-2H3,(H,15,18). The first-order chi connectivity index (χ1) is 9.13. The van der Waals surface area contributed by atoms with Gasteiger partial charge in [0, 0.05) is 23.6 Å². The first kappa shape index (κ1) is 14.9. The lowest BCUT2D eigenvalue weighted by atomic mass is 10.2. The molecule has 1 amide bonds. The largest absolute Gasteiger partial charge is 0.491 e. The van der Waals surface area contributed by atoms with Gasteiger partial charge in [0.2, 0.25) is 0 Å². The van der Waals surface area contributed by atoms with Crippen molar-refractivity contribution in [1.29, 1.82) is 0 Å². The molecule has 1 aromatic rings. The van der Waals surface area contributed by atoms with Gasteiger partial charge < -0.3 is 10.1 Å². The Hall–Kier alpha value is -2.20. The van der Waals surface area contributed by atoms with Gasteiger partial charge in [-0.3, -0.25) is 4.79 Å². The zero-order valence-corrected chi connectivity index (χ0v) is 11.2. The first-order valence-corrected chi connectivity index (χ1v) is 6.19. The van der Waals surface area contributed by atoms with Gasteiger partial charge in [-0.15, -0.1) is 0 Å². The molecule has 6 nitrogen and oxygen atoms in total. The Labute approximate surface area is 112 Å². The Bertz CT molecular complexity index is 467. The van der Waals surface area contributed by atoms with Crippen LogP contribution in [0.2, 0.25) is 0 Å². The molecule has 0 bridgehead atoms. The summed E-state index contributed by atoms with van der Waals surface area (Å²) in [6.07, 6.45) is 0.694. The van der Waals surface area contributed by atoms with Crippen LogP contribution in [0.1, 0.15) is 30.6 Å². The van der Waals surface area contributed by atoms with Crippen LogP contribution in [0.5, 0.6) is 5.75 Å². The quantitative estimate of drug-likeness (QED) is 0.354. The monoisotopic (exact) mass is 262 g/mol. The fraction of sp³-hybridized carbons (Fsp3) is 0.462. The van der Waals surface area contributed by atoms with Crippen LogP contribution >= 0.6 is 0 Å². The number of hydrogen-bond acceptors (Lipinski definition) is 3. The number of hydrogen-bond donors (Lipinski definition) is 1. The van der Waals surface area contributed by atoms with Crippen molar-refractivity contribution in [2.24, 2.45) is 5.11 Å². The number of carbonyl (C=O) groups excluding carboxylic acids is 1. The molecule has 0 aromatic heterocycles. The van der Waals surface area contributed by atoms with Crippen LogP contribution in [0.3, 0.4) is 0 Å². The van der Waals surface area contributed by atoms with Gasteiger partial charge in [0.15, 0.2) is 0 Å². The molecule has 0 saturated carbocycles. The van der Waals surface area contributed by atoms with Crippen molar-refractivity contribution in [2.75, 3.05) is 13.1 Å². The third-order valence-electron chi connectivity index (χ3n) is 2.25. The van der Waals surface area contributed by atoms with E-state index in [9.17, 15) is 4.79 Å². The predicted octanol–water partition coefficient (Wildman–Crippen LogP) is 2.90. The summed E-state index contributed by atoms with van der Waals surface area (Å²) in [5, 5.41) is 6.16. The maximum atomic E-state index is 11.8. The summed E-state index contributed by atoms with van der Waals surface area (Å²) in [4.78, 5) is 14.5. The van der Waals surface area contributed by atoms with E-state index in [4.69, 9.17) is 10.3 Å². The molecular weight excluding hydrogens is 244 g/mol. The first-order valence-electron chi connectivity index (χ1n) is 6.19. The van der Waals surface area contributed by atoms with Crippen LogP contribution < -0.4 is 10.1 Å². The van der Waals surface area contributed by atoms with Crippen molar-refractivity contribution < 1.29 is 9.53 Å². The van der Waals surface area contributed by atoms with E-state index in [2.05, 4.69) is 15.3 Å². The Kier molecular flexibility index (Phi) is 6.26. The van der Waals surface area contributed by atoms with E-state index < -0.39 is 0 Å². The molecule has 0 unspecified atom stereocenters. The van der Waals surface area contributed by atoms with Crippen LogP contribution in [0.4, 0.5) is 0 Å². The van der Waals surface area contributed by atoms with Crippen molar-refractivity contribution in [3.63, 3.8) is 0 Å². The molecule has 0 spiro atoms. The molecule has 1 aromatic carbocycles. The number of carbonyl (C=O) groups is 1. The van der Waals surface area contributed by atoms with Gasteiger partial charge in [0.25, 0.3) is 5.91 Å². The number of rotatable bonds is 7. The number of nitrogens with zero attached hydrogens (tertiary/aromatic N) is 3. The smallest absolute Gasteiger partial charge is 0.251 e. The van der Waals surface area contributed by atoms with Crippen molar-refractivity contribution >= 4 is 5.91 Å². The fourth-order valence-corrected chi connectivity index (χ4v) is 1.48. The third kappa shape index (κ3) is 5.79. The molecule has 0 aliphatic heterocycles. The summed E-state index contributed by atoms with van der Waals surface area (Å²) in [6, 6.07) is 7.05. The zero-order chi connectivity index (χ0) is 14.1. The maximum absolute atomic E-state index is 11.8. The van der Waals surface area contributed by atoms with E-state index in [-0.39, 0.29) is 12.0 Å². The summed E-state index contributed by atoms with van der Waals surface area (Å²) in [5.41, 5.74) is 8.67. The molecule has 0 saturated heterocycles. The van der Waals surface area contributed by atoms with Gasteiger partial charge in [-0.1, -0.05) is 11.2 Å². The second-order valence-corrected chi connectivity index (χ2v) is 4.26. The Morgan fingerprint density at radius 1 is 1.53 bits per heavy atom. The second kappa shape index (κ2) is 8.00. The number of benzene rings is 1. The second-order valence-electron chi connectivity index (χ2n) is 4.26. The van der Waals surface area contributed by atoms with Crippen LogP contribution in [0.25, 0.3) is 10.4 Å². The molecule has 0 heterocycles. The van der Waals surface area contributed by atoms with Crippen molar-refractivity contribution in [3.8, 4) is 5.75 Å². The number of ether oxygens (including phenoxy) is 1. The van der Waals surface area contributed by atoms with Crippen molar-refractivity contribution in [3.05, 3.63) is 40.3 Å². The summed E-state index contributed by atoms with van der Waals surface area (Å²) >= 11 is 0. The van der Waals surface area contributed by atoms with Crippen molar-refractivity contribution in [2.45, 2.75) is 26.4 Å². The van der Waals surface area contributed by atoms with E-state index in [1.807, 2.05) is 19.9 Å². The highest BCUT2D eigenvalue weighted by Crippen LogP contribution is 2.14. The molecule has 19 heavy (non-hydrogen) atoms. The molecule has 0 atom stereocenters. The summed E-state index contributed by atoms with van der Waals surface area (Å²) < 4.78 is 5.53. The highest BCUT2D eigenvalue weighted by Gasteiger charge is 2.06. The lowest BCUT2D eigenvalue weighted by Crippen LogP contribution is -2.24. The molecule has 1 N–H and O–H groups in total. The van der Waals surface area contributed by atoms with Crippen LogP contribution in [0.15, 0.2) is 29.4 Å². The lowest BCUT2D eigenvalue weighted by molar-refractivity contribution is 0.0952. The average molecular weight is 262 g/mol. The van der Waals surface area contributed by atoms with E-state index in [0.717, 1.165) is 0 Å². The minimum absolute atomic E-state index is 0.0714. The Morgan fingerprint density at radius 2 is 2.32 bits per heavy atom. The topological polar surface area (TPSA) is 87.1 Å². The van der Waals surface area contributed by atoms with Gasteiger partial charge >= 0.3 is 0 Å². The minimum Gasteiger partial charge on any atom is -0.491 e. The third-order valence-corrected chi connectivity index (χ3v) is 2.25. The molecule has 0 aliphatic rings. The van der Waals surface area contributed by atoms with E-state index in [1.165, 1.54) is 0 Å². The average Bonchev–Trinajstić information content (AvgIpc) is 2.38. The number of amides is 1. The molecule has 0 fully saturated rings. The van der Waals surface area contributed by atoms with Crippen LogP contribution in [-0.2, 0) is 0 Å². The Morgan fingerprint density at radius 3 is 3.00 bits per heavy atom. The number of nitrogens with one attached hydrogen (secondary N) is 1. The fourth-order valence-electron chi connectivity index (χ4n) is 1.48. The molecular formula is C13H18N4O2. The zero-order valence-electron chi connectivity index (χ0n) is 11.2. The van der Waals surface area contributed by atoms with Gasteiger partial charge in [-0.05, 0) is 44.0 Å². The van der Waals surface area contributed by atoms with Crippen LogP contribution in [-0.4, -0.2) is 25.1 Å². The van der Waals surface area contributed by atoms with Crippen LogP contribution in [0, 0.1) is 0 Å². The summed E-state index contributed by atoms with van der Waals surface area (Å²) in [5.74, 6) is 0.520. The normalized spacial score (nSPS) is 9.84.